The van der Waals surface area contributed by atoms with Gasteiger partial charge in [-0.15, -0.1) is 0 Å². The van der Waals surface area contributed by atoms with Crippen LogP contribution in [-0.4, -0.2) is 23.6 Å². The van der Waals surface area contributed by atoms with E-state index in [1.807, 2.05) is 6.07 Å². The van der Waals surface area contributed by atoms with Gasteiger partial charge in [0.2, 0.25) is 0 Å². The van der Waals surface area contributed by atoms with Gasteiger partial charge in [-0.3, -0.25) is 4.79 Å². The zero-order chi connectivity index (χ0) is 16.7. The molecule has 0 aliphatic carbocycles. The van der Waals surface area contributed by atoms with Gasteiger partial charge in [-0.1, -0.05) is 18.2 Å². The summed E-state index contributed by atoms with van der Waals surface area (Å²) >= 11 is 0. The third kappa shape index (κ3) is 2.47. The number of hydrogen-bond donors (Lipinski definition) is 2. The van der Waals surface area contributed by atoms with Gasteiger partial charge in [0.15, 0.2) is 0 Å². The molecule has 2 aromatic carbocycles. The maximum Gasteiger partial charge on any atom is 0.251 e. The second-order valence-corrected chi connectivity index (χ2v) is 6.12. The highest BCUT2D eigenvalue weighted by molar-refractivity contribution is 5.95. The molecule has 5 heteroatoms. The lowest BCUT2D eigenvalue weighted by Gasteiger charge is -2.09. The van der Waals surface area contributed by atoms with Crippen LogP contribution in [0.15, 0.2) is 42.5 Å². The molecule has 122 valence electrons. The van der Waals surface area contributed by atoms with Crippen LogP contribution < -0.4 is 11.1 Å². The lowest BCUT2D eigenvalue weighted by molar-refractivity contribution is 0.0996. The van der Waals surface area contributed by atoms with Gasteiger partial charge < -0.3 is 15.6 Å². The Morgan fingerprint density at radius 1 is 1.08 bits per heavy atom. The highest BCUT2D eigenvalue weighted by Crippen LogP contribution is 2.28. The molecule has 0 spiro atoms. The lowest BCUT2D eigenvalue weighted by atomic mass is 10.0. The molecular formula is C19H18FN3O. The Morgan fingerprint density at radius 2 is 1.88 bits per heavy atom. The summed E-state index contributed by atoms with van der Waals surface area (Å²) in [6.07, 6.45) is 1.01. The third-order valence-corrected chi connectivity index (χ3v) is 4.63. The van der Waals surface area contributed by atoms with Crippen molar-refractivity contribution in [2.45, 2.75) is 13.0 Å². The van der Waals surface area contributed by atoms with E-state index in [9.17, 15) is 9.18 Å². The average Bonchev–Trinajstić information content (AvgIpc) is 2.75. The van der Waals surface area contributed by atoms with Crippen LogP contribution in [0.25, 0.3) is 22.0 Å². The highest BCUT2D eigenvalue weighted by atomic mass is 19.1. The van der Waals surface area contributed by atoms with Crippen LogP contribution in [0.3, 0.4) is 0 Å². The van der Waals surface area contributed by atoms with Gasteiger partial charge in [-0.2, -0.15) is 0 Å². The van der Waals surface area contributed by atoms with Gasteiger partial charge >= 0.3 is 0 Å². The van der Waals surface area contributed by atoms with Crippen LogP contribution in [0, 0.1) is 5.82 Å². The molecule has 0 radical (unpaired) electrons. The van der Waals surface area contributed by atoms with Crippen molar-refractivity contribution >= 4 is 16.8 Å². The number of aromatic nitrogens is 1. The van der Waals surface area contributed by atoms with Crippen LogP contribution >= 0.6 is 0 Å². The van der Waals surface area contributed by atoms with Gasteiger partial charge in [0.05, 0.1) is 5.56 Å². The van der Waals surface area contributed by atoms with E-state index in [1.165, 1.54) is 23.2 Å². The summed E-state index contributed by atoms with van der Waals surface area (Å²) in [5.41, 5.74) is 9.40. The summed E-state index contributed by atoms with van der Waals surface area (Å²) in [7, 11) is 0. The number of amides is 1. The fourth-order valence-corrected chi connectivity index (χ4v) is 3.39. The molecule has 0 atom stereocenters. The molecule has 24 heavy (non-hydrogen) atoms. The molecule has 1 aromatic heterocycles. The summed E-state index contributed by atoms with van der Waals surface area (Å²) in [5, 5.41) is 4.61. The highest BCUT2D eigenvalue weighted by Gasteiger charge is 2.14. The van der Waals surface area contributed by atoms with Crippen LogP contribution in [0.1, 0.15) is 16.1 Å². The fraction of sp³-hybridized carbons (Fsp3) is 0.211. The Balaban J connectivity index is 1.84. The first-order chi connectivity index (χ1) is 11.6. The average molecular weight is 323 g/mol. The number of halogens is 1. The van der Waals surface area contributed by atoms with Gasteiger partial charge in [0, 0.05) is 37.3 Å². The fourth-order valence-electron chi connectivity index (χ4n) is 3.39. The summed E-state index contributed by atoms with van der Waals surface area (Å²) in [5.74, 6) is -1.34. The number of nitrogens with one attached hydrogen (secondary N) is 1. The molecule has 4 rings (SSSR count). The lowest BCUT2D eigenvalue weighted by Crippen LogP contribution is -2.17. The quantitative estimate of drug-likeness (QED) is 0.762. The molecule has 0 saturated carbocycles. The van der Waals surface area contributed by atoms with Crippen molar-refractivity contribution in [3.05, 3.63) is 59.5 Å². The minimum absolute atomic E-state index is 0.0780. The number of nitrogens with zero attached hydrogens (tertiary/aromatic N) is 1. The molecule has 2 heterocycles. The summed E-state index contributed by atoms with van der Waals surface area (Å²) in [4.78, 5) is 11.4. The van der Waals surface area contributed by atoms with Crippen molar-refractivity contribution < 1.29 is 9.18 Å². The van der Waals surface area contributed by atoms with E-state index in [-0.39, 0.29) is 5.56 Å². The molecular weight excluding hydrogens is 305 g/mol. The Bertz CT molecular complexity index is 945. The Hall–Kier alpha value is -2.66. The number of benzene rings is 2. The largest absolute Gasteiger partial charge is 0.366 e. The molecule has 1 amide bonds. The van der Waals surface area contributed by atoms with Crippen molar-refractivity contribution in [2.24, 2.45) is 5.73 Å². The number of carbonyl (C=O) groups is 1. The topological polar surface area (TPSA) is 60.1 Å². The Morgan fingerprint density at radius 3 is 2.71 bits per heavy atom. The molecule has 0 fully saturated rings. The van der Waals surface area contributed by atoms with Gasteiger partial charge in [-0.25, -0.2) is 4.39 Å². The van der Waals surface area contributed by atoms with E-state index in [0.717, 1.165) is 42.7 Å². The maximum absolute atomic E-state index is 13.7. The first-order valence-corrected chi connectivity index (χ1v) is 8.06. The maximum atomic E-state index is 13.7. The minimum Gasteiger partial charge on any atom is -0.366 e. The zero-order valence-corrected chi connectivity index (χ0v) is 13.2. The zero-order valence-electron chi connectivity index (χ0n) is 13.2. The SMILES string of the molecule is NC(=O)c1cc(-c2ccc3cc4n(c3c2)CCNCC4)ccc1F. The predicted octanol–water partition coefficient (Wildman–Crippen LogP) is 2.69. The third-order valence-electron chi connectivity index (χ3n) is 4.63. The van der Waals surface area contributed by atoms with Crippen molar-refractivity contribution in [1.82, 2.24) is 9.88 Å². The van der Waals surface area contributed by atoms with Crippen LogP contribution in [0.2, 0.25) is 0 Å². The van der Waals surface area contributed by atoms with Crippen molar-refractivity contribution in [2.75, 3.05) is 13.1 Å². The molecule has 0 bridgehead atoms. The van der Waals surface area contributed by atoms with Crippen molar-refractivity contribution in [3.8, 4) is 11.1 Å². The number of carbonyl (C=O) groups excluding carboxylic acids is 1. The second-order valence-electron chi connectivity index (χ2n) is 6.12. The summed E-state index contributed by atoms with van der Waals surface area (Å²) in [6, 6.07) is 12.9. The first-order valence-electron chi connectivity index (χ1n) is 8.06. The first kappa shape index (κ1) is 14.9. The van der Waals surface area contributed by atoms with Gasteiger partial charge in [0.1, 0.15) is 5.82 Å². The minimum atomic E-state index is -0.752. The monoisotopic (exact) mass is 323 g/mol. The number of fused-ring (bicyclic) bond motifs is 3. The molecule has 1 aliphatic rings. The van der Waals surface area contributed by atoms with Gasteiger partial charge in [0.25, 0.3) is 5.91 Å². The summed E-state index contributed by atoms with van der Waals surface area (Å²) < 4.78 is 16.0. The van der Waals surface area contributed by atoms with Crippen LogP contribution in [0.5, 0.6) is 0 Å². The predicted molar refractivity (Wildman–Crippen MR) is 92.4 cm³/mol. The Kier molecular flexibility index (Phi) is 3.58. The molecule has 3 aromatic rings. The molecule has 0 unspecified atom stereocenters. The van der Waals surface area contributed by atoms with Crippen LogP contribution in [0.4, 0.5) is 4.39 Å². The van der Waals surface area contributed by atoms with E-state index in [4.69, 9.17) is 5.73 Å². The second kappa shape index (κ2) is 5.76. The van der Waals surface area contributed by atoms with E-state index < -0.39 is 11.7 Å². The standard InChI is InChI=1S/C19H18FN3O/c20-17-4-3-12(10-16(17)19(21)24)13-1-2-14-9-15-5-6-22-7-8-23(15)18(14)11-13/h1-4,9-11,22H,5-8H2,(H2,21,24). The smallest absolute Gasteiger partial charge is 0.251 e. The molecule has 4 nitrogen and oxygen atoms in total. The van der Waals surface area contributed by atoms with Crippen molar-refractivity contribution in [1.29, 1.82) is 0 Å². The van der Waals surface area contributed by atoms with Crippen molar-refractivity contribution in [3.63, 3.8) is 0 Å². The van der Waals surface area contributed by atoms with E-state index >= 15 is 0 Å². The Labute approximate surface area is 139 Å². The normalized spacial score (nSPS) is 14.4. The van der Waals surface area contributed by atoms with E-state index in [1.54, 1.807) is 6.07 Å². The van der Waals surface area contributed by atoms with Gasteiger partial charge in [-0.05, 0) is 40.8 Å². The van der Waals surface area contributed by atoms with E-state index in [2.05, 4.69) is 28.1 Å². The summed E-state index contributed by atoms with van der Waals surface area (Å²) in [6.45, 7) is 2.87. The van der Waals surface area contributed by atoms with Crippen LogP contribution in [-0.2, 0) is 13.0 Å². The number of rotatable bonds is 2. The molecule has 3 N–H and O–H groups in total. The number of nitrogens with two attached hydrogens (primary N) is 1. The van der Waals surface area contributed by atoms with E-state index in [0.29, 0.717) is 0 Å². The number of hydrogen-bond acceptors (Lipinski definition) is 2. The molecule has 0 saturated heterocycles. The number of primary amides is 1. The molecule has 1 aliphatic heterocycles.